The van der Waals surface area contributed by atoms with Crippen molar-refractivity contribution in [2.45, 2.75) is 91.3 Å². The van der Waals surface area contributed by atoms with Crippen LogP contribution in [0.25, 0.3) is 21.5 Å². The molecule has 3 aromatic rings. The number of rotatable bonds is 22. The molecule has 0 spiro atoms. The molecule has 0 bridgehead atoms. The van der Waals surface area contributed by atoms with E-state index in [1.807, 2.05) is 36.4 Å². The Morgan fingerprint density at radius 2 is 1.09 bits per heavy atom. The van der Waals surface area contributed by atoms with Gasteiger partial charge in [0.2, 0.25) is 0 Å². The van der Waals surface area contributed by atoms with Crippen molar-refractivity contribution >= 4 is 45.1 Å². The highest BCUT2D eigenvalue weighted by atomic mass is 35.5. The van der Waals surface area contributed by atoms with Crippen molar-refractivity contribution in [3.05, 3.63) is 47.5 Å². The zero-order valence-corrected chi connectivity index (χ0v) is 28.0. The van der Waals surface area contributed by atoms with Gasteiger partial charge < -0.3 is 28.4 Å². The van der Waals surface area contributed by atoms with Gasteiger partial charge in [-0.2, -0.15) is 0 Å². The highest BCUT2D eigenvalue weighted by Crippen LogP contribution is 2.43. The molecule has 8 nitrogen and oxygen atoms in total. The van der Waals surface area contributed by atoms with Crippen molar-refractivity contribution in [3.8, 4) is 11.5 Å². The lowest BCUT2D eigenvalue weighted by Crippen LogP contribution is -2.30. The Balaban J connectivity index is 1.90. The van der Waals surface area contributed by atoms with Crippen LogP contribution >= 0.6 is 11.6 Å². The second kappa shape index (κ2) is 20.1. The lowest BCUT2D eigenvalue weighted by molar-refractivity contribution is -0.154. The Bertz CT molecular complexity index is 1340. The number of ether oxygens (including phenoxy) is 6. The van der Waals surface area contributed by atoms with Gasteiger partial charge in [0.15, 0.2) is 12.2 Å². The number of carbonyl (C=O) groups excluding carboxylic acids is 2. The molecule has 0 aliphatic carbocycles. The average molecular weight is 645 g/mol. The molecule has 9 heteroatoms. The number of carbonyl (C=O) groups is 2. The van der Waals surface area contributed by atoms with E-state index < -0.39 is 12.2 Å². The number of hydrogen-bond acceptors (Lipinski definition) is 8. The molecule has 0 aliphatic rings. The third kappa shape index (κ3) is 11.7. The molecule has 3 aromatic carbocycles. The number of hydrogen-bond donors (Lipinski definition) is 0. The second-order valence-corrected chi connectivity index (χ2v) is 11.4. The highest BCUT2D eigenvalue weighted by Gasteiger charge is 2.22. The summed E-state index contributed by atoms with van der Waals surface area (Å²) in [5.74, 6) is 0.613. The molecular weight excluding hydrogens is 596 g/mol. The van der Waals surface area contributed by atoms with Crippen LogP contribution < -0.4 is 9.47 Å². The zero-order chi connectivity index (χ0) is 32.4. The quantitative estimate of drug-likeness (QED) is 0.0611. The van der Waals surface area contributed by atoms with Gasteiger partial charge in [-0.1, -0.05) is 89.2 Å². The van der Waals surface area contributed by atoms with Crippen LogP contribution in [0.5, 0.6) is 11.5 Å². The van der Waals surface area contributed by atoms with Gasteiger partial charge in [0.05, 0.1) is 13.2 Å². The Morgan fingerprint density at radius 1 is 0.622 bits per heavy atom. The minimum atomic E-state index is -0.575. The number of halogens is 1. The average Bonchev–Trinajstić information content (AvgIpc) is 3.05. The van der Waals surface area contributed by atoms with E-state index in [0.717, 1.165) is 60.1 Å². The number of esters is 2. The fourth-order valence-electron chi connectivity index (χ4n) is 4.84. The van der Waals surface area contributed by atoms with E-state index in [9.17, 15) is 9.59 Å². The molecule has 0 heterocycles. The van der Waals surface area contributed by atoms with Crippen LogP contribution in [0.4, 0.5) is 0 Å². The third-order valence-electron chi connectivity index (χ3n) is 7.28. The molecule has 0 N–H and O–H groups in total. The standard InChI is InChI=1S/C36H49ClO8/c1-5-9-13-19-40-22-27(44-33(38)7-3)24-42-35-29-15-11-12-16-30(29)36(32-21-26(37)17-18-31(32)35)43-25-28(45-34(39)8-4)23-41-20-14-10-6-2/h11-12,15-18,21,27-28H,5-10,13-14,19-20,22-25H2,1-4H3. The first kappa shape index (κ1) is 36.4. The minimum absolute atomic E-state index is 0.107. The molecule has 0 amide bonds. The lowest BCUT2D eigenvalue weighted by atomic mass is 10.0. The van der Waals surface area contributed by atoms with Crippen molar-refractivity contribution < 1.29 is 38.0 Å². The second-order valence-electron chi connectivity index (χ2n) is 11.0. The summed E-state index contributed by atoms with van der Waals surface area (Å²) >= 11 is 6.49. The first-order chi connectivity index (χ1) is 21.9. The summed E-state index contributed by atoms with van der Waals surface area (Å²) < 4.78 is 35.9. The summed E-state index contributed by atoms with van der Waals surface area (Å²) in [6.07, 6.45) is 5.64. The Labute approximate surface area is 272 Å². The molecule has 0 saturated heterocycles. The minimum Gasteiger partial charge on any atom is -0.488 e. The van der Waals surface area contributed by atoms with Crippen molar-refractivity contribution in [1.82, 2.24) is 0 Å². The number of fused-ring (bicyclic) bond motifs is 2. The van der Waals surface area contributed by atoms with Crippen LogP contribution in [0.3, 0.4) is 0 Å². The molecule has 45 heavy (non-hydrogen) atoms. The monoisotopic (exact) mass is 644 g/mol. The molecule has 0 fully saturated rings. The van der Waals surface area contributed by atoms with Crippen LogP contribution in [0, 0.1) is 0 Å². The van der Waals surface area contributed by atoms with E-state index in [-0.39, 0.29) is 51.2 Å². The zero-order valence-electron chi connectivity index (χ0n) is 27.2. The molecular formula is C36H49ClO8. The van der Waals surface area contributed by atoms with E-state index in [4.69, 9.17) is 40.0 Å². The van der Waals surface area contributed by atoms with Crippen LogP contribution in [0.1, 0.15) is 79.1 Å². The van der Waals surface area contributed by atoms with Gasteiger partial charge in [0, 0.05) is 52.6 Å². The predicted molar refractivity (Wildman–Crippen MR) is 178 cm³/mol. The van der Waals surface area contributed by atoms with Crippen LogP contribution in [0.2, 0.25) is 5.02 Å². The smallest absolute Gasteiger partial charge is 0.305 e. The fourth-order valence-corrected chi connectivity index (χ4v) is 5.02. The van der Waals surface area contributed by atoms with Gasteiger partial charge in [-0.05, 0) is 31.0 Å². The molecule has 248 valence electrons. The Morgan fingerprint density at radius 3 is 1.56 bits per heavy atom. The van der Waals surface area contributed by atoms with Gasteiger partial charge in [0.25, 0.3) is 0 Å². The summed E-state index contributed by atoms with van der Waals surface area (Å²) in [5.41, 5.74) is 0. The molecule has 0 saturated carbocycles. The summed E-state index contributed by atoms with van der Waals surface area (Å²) in [5, 5.41) is 3.71. The largest absolute Gasteiger partial charge is 0.488 e. The van der Waals surface area contributed by atoms with Gasteiger partial charge in [-0.25, -0.2) is 0 Å². The van der Waals surface area contributed by atoms with Crippen molar-refractivity contribution in [2.24, 2.45) is 0 Å². The van der Waals surface area contributed by atoms with E-state index in [1.165, 1.54) is 0 Å². The van der Waals surface area contributed by atoms with Gasteiger partial charge in [-0.3, -0.25) is 9.59 Å². The van der Waals surface area contributed by atoms with Crippen molar-refractivity contribution in [2.75, 3.05) is 39.6 Å². The molecule has 2 unspecified atom stereocenters. The van der Waals surface area contributed by atoms with Gasteiger partial charge in [-0.15, -0.1) is 0 Å². The van der Waals surface area contributed by atoms with Gasteiger partial charge in [0.1, 0.15) is 24.7 Å². The van der Waals surface area contributed by atoms with Crippen LogP contribution in [0.15, 0.2) is 42.5 Å². The molecule has 0 aromatic heterocycles. The Hall–Kier alpha value is -3.07. The predicted octanol–water partition coefficient (Wildman–Crippen LogP) is 8.46. The number of unbranched alkanes of at least 4 members (excludes halogenated alkanes) is 4. The van der Waals surface area contributed by atoms with E-state index in [2.05, 4.69) is 13.8 Å². The maximum absolute atomic E-state index is 12.2. The van der Waals surface area contributed by atoms with E-state index in [0.29, 0.717) is 29.7 Å². The topological polar surface area (TPSA) is 89.5 Å². The molecule has 2 atom stereocenters. The third-order valence-corrected chi connectivity index (χ3v) is 7.51. The highest BCUT2D eigenvalue weighted by molar-refractivity contribution is 6.31. The summed E-state index contributed by atoms with van der Waals surface area (Å²) in [7, 11) is 0. The molecule has 0 radical (unpaired) electrons. The van der Waals surface area contributed by atoms with Crippen molar-refractivity contribution in [1.29, 1.82) is 0 Å². The molecule has 0 aliphatic heterocycles. The summed E-state index contributed by atoms with van der Waals surface area (Å²) in [6, 6.07) is 13.3. The maximum Gasteiger partial charge on any atom is 0.305 e. The van der Waals surface area contributed by atoms with Crippen LogP contribution in [-0.4, -0.2) is 63.8 Å². The summed E-state index contributed by atoms with van der Waals surface area (Å²) in [6.45, 7) is 9.71. The fraction of sp³-hybridized carbons (Fsp3) is 0.556. The van der Waals surface area contributed by atoms with Gasteiger partial charge >= 0.3 is 11.9 Å². The van der Waals surface area contributed by atoms with E-state index >= 15 is 0 Å². The van der Waals surface area contributed by atoms with Crippen molar-refractivity contribution in [3.63, 3.8) is 0 Å². The first-order valence-corrected chi connectivity index (χ1v) is 16.7. The van der Waals surface area contributed by atoms with E-state index in [1.54, 1.807) is 19.9 Å². The normalized spacial score (nSPS) is 12.6. The maximum atomic E-state index is 12.2. The number of benzene rings is 3. The lowest BCUT2D eigenvalue weighted by Gasteiger charge is -2.23. The SMILES string of the molecule is CCCCCOCC(COc1c2ccccc2c(OCC(COCCCCC)OC(=O)CC)c2cc(Cl)ccc12)OC(=O)CC. The Kier molecular flexibility index (Phi) is 16.3. The first-order valence-electron chi connectivity index (χ1n) is 16.4. The molecule has 3 rings (SSSR count). The van der Waals surface area contributed by atoms with Crippen LogP contribution in [-0.2, 0) is 28.5 Å². The summed E-state index contributed by atoms with van der Waals surface area (Å²) in [4.78, 5) is 24.4.